The van der Waals surface area contributed by atoms with Crippen molar-refractivity contribution in [2.45, 2.75) is 27.2 Å². The molecule has 1 aromatic carbocycles. The van der Waals surface area contributed by atoms with E-state index in [0.717, 1.165) is 13.0 Å². The van der Waals surface area contributed by atoms with Gasteiger partial charge < -0.3 is 15.4 Å². The van der Waals surface area contributed by atoms with E-state index in [9.17, 15) is 10.1 Å². The molecule has 0 aliphatic carbocycles. The summed E-state index contributed by atoms with van der Waals surface area (Å²) in [5.41, 5.74) is 6.28. The fraction of sp³-hybridized carbons (Fsp3) is 0.600. The summed E-state index contributed by atoms with van der Waals surface area (Å²) in [4.78, 5) is 13.1. The van der Waals surface area contributed by atoms with Crippen molar-refractivity contribution in [2.24, 2.45) is 11.1 Å². The number of hydrogen-bond acceptors (Lipinski definition) is 5. The maximum Gasteiger partial charge on any atom is 0.333 e. The van der Waals surface area contributed by atoms with E-state index in [1.54, 1.807) is 18.2 Å². The van der Waals surface area contributed by atoms with Crippen LogP contribution in [-0.2, 0) is 0 Å². The lowest BCUT2D eigenvalue weighted by molar-refractivity contribution is -0.385. The summed E-state index contributed by atoms with van der Waals surface area (Å²) in [6.07, 6.45) is 0.898. The second kappa shape index (κ2) is 7.26. The Bertz CT molecular complexity index is 489. The molecule has 0 spiro atoms. The molecule has 0 amide bonds. The van der Waals surface area contributed by atoms with E-state index < -0.39 is 0 Å². The third-order valence-corrected chi connectivity index (χ3v) is 3.39. The Balaban J connectivity index is 3.28. The monoisotopic (exact) mass is 295 g/mol. The first-order valence-electron chi connectivity index (χ1n) is 7.12. The van der Waals surface area contributed by atoms with E-state index in [1.807, 2.05) is 4.90 Å². The highest BCUT2D eigenvalue weighted by atomic mass is 16.6. The van der Waals surface area contributed by atoms with Crippen molar-refractivity contribution in [3.8, 4) is 5.75 Å². The van der Waals surface area contributed by atoms with Crippen LogP contribution in [0.1, 0.15) is 27.2 Å². The standard InChI is InChI=1S/C15H25N3O3/c1-5-9-17(11-15(2,3)10-16)12-7-6-8-13(21-4)14(12)18(19)20/h6-8H,5,9-11,16H2,1-4H3. The van der Waals surface area contributed by atoms with Crippen LogP contribution in [0.4, 0.5) is 11.4 Å². The third-order valence-electron chi connectivity index (χ3n) is 3.39. The average Bonchev–Trinajstić information content (AvgIpc) is 2.45. The minimum atomic E-state index is -0.383. The number of para-hydroxylation sites is 1. The number of nitro benzene ring substituents is 1. The number of nitrogens with two attached hydrogens (primary N) is 1. The van der Waals surface area contributed by atoms with Gasteiger partial charge in [-0.15, -0.1) is 0 Å². The Labute approximate surface area is 126 Å². The fourth-order valence-electron chi connectivity index (χ4n) is 2.25. The maximum atomic E-state index is 11.4. The van der Waals surface area contributed by atoms with Gasteiger partial charge in [-0.2, -0.15) is 0 Å². The first-order valence-corrected chi connectivity index (χ1v) is 7.12. The normalized spacial score (nSPS) is 11.3. The summed E-state index contributed by atoms with van der Waals surface area (Å²) in [5, 5.41) is 11.4. The minimum Gasteiger partial charge on any atom is -0.490 e. The molecule has 21 heavy (non-hydrogen) atoms. The topological polar surface area (TPSA) is 81.6 Å². The number of nitro groups is 1. The van der Waals surface area contributed by atoms with Gasteiger partial charge in [0.1, 0.15) is 5.69 Å². The van der Waals surface area contributed by atoms with Gasteiger partial charge in [-0.1, -0.05) is 26.8 Å². The zero-order chi connectivity index (χ0) is 16.0. The quantitative estimate of drug-likeness (QED) is 0.589. The summed E-state index contributed by atoms with van der Waals surface area (Å²) in [5.74, 6) is 0.282. The molecular weight excluding hydrogens is 270 g/mol. The molecule has 2 N–H and O–H groups in total. The molecule has 6 nitrogen and oxygen atoms in total. The molecule has 1 rings (SSSR count). The maximum absolute atomic E-state index is 11.4. The lowest BCUT2D eigenvalue weighted by Crippen LogP contribution is -2.39. The number of anilines is 1. The molecule has 1 aromatic rings. The van der Waals surface area contributed by atoms with Crippen LogP contribution < -0.4 is 15.4 Å². The smallest absolute Gasteiger partial charge is 0.333 e. The van der Waals surface area contributed by atoms with Crippen molar-refractivity contribution in [3.05, 3.63) is 28.3 Å². The highest BCUT2D eigenvalue weighted by Crippen LogP contribution is 2.38. The van der Waals surface area contributed by atoms with Crippen molar-refractivity contribution in [2.75, 3.05) is 31.6 Å². The first kappa shape index (κ1) is 17.2. The molecule has 0 aliphatic rings. The van der Waals surface area contributed by atoms with Crippen LogP contribution >= 0.6 is 0 Å². The number of ether oxygens (including phenoxy) is 1. The first-order chi connectivity index (χ1) is 9.86. The fourth-order valence-corrected chi connectivity index (χ4v) is 2.25. The molecule has 0 saturated carbocycles. The highest BCUT2D eigenvalue weighted by molar-refractivity contribution is 5.69. The molecule has 0 bridgehead atoms. The molecule has 0 heterocycles. The van der Waals surface area contributed by atoms with Gasteiger partial charge in [0, 0.05) is 13.1 Å². The van der Waals surface area contributed by atoms with Gasteiger partial charge in [-0.05, 0) is 30.5 Å². The van der Waals surface area contributed by atoms with Gasteiger partial charge in [0.15, 0.2) is 5.75 Å². The van der Waals surface area contributed by atoms with Gasteiger partial charge in [0.05, 0.1) is 12.0 Å². The molecule has 0 aromatic heterocycles. The number of rotatable bonds is 8. The summed E-state index contributed by atoms with van der Waals surface area (Å²) >= 11 is 0. The second-order valence-electron chi connectivity index (χ2n) is 5.88. The Kier molecular flexibility index (Phi) is 5.96. The zero-order valence-electron chi connectivity index (χ0n) is 13.3. The van der Waals surface area contributed by atoms with Gasteiger partial charge in [-0.3, -0.25) is 10.1 Å². The zero-order valence-corrected chi connectivity index (χ0v) is 13.3. The van der Waals surface area contributed by atoms with Gasteiger partial charge in [0.25, 0.3) is 0 Å². The average molecular weight is 295 g/mol. The molecule has 0 unspecified atom stereocenters. The van der Waals surface area contributed by atoms with Crippen LogP contribution in [0.3, 0.4) is 0 Å². The van der Waals surface area contributed by atoms with Gasteiger partial charge in [-0.25, -0.2) is 0 Å². The summed E-state index contributed by atoms with van der Waals surface area (Å²) in [6, 6.07) is 5.15. The van der Waals surface area contributed by atoms with Crippen molar-refractivity contribution in [3.63, 3.8) is 0 Å². The van der Waals surface area contributed by atoms with Crippen LogP contribution in [0.25, 0.3) is 0 Å². The van der Waals surface area contributed by atoms with Crippen LogP contribution in [0.5, 0.6) is 5.75 Å². The Morgan fingerprint density at radius 3 is 2.57 bits per heavy atom. The largest absolute Gasteiger partial charge is 0.490 e. The molecule has 0 radical (unpaired) electrons. The van der Waals surface area contributed by atoms with Crippen molar-refractivity contribution in [1.29, 1.82) is 0 Å². The number of benzene rings is 1. The van der Waals surface area contributed by atoms with Gasteiger partial charge >= 0.3 is 5.69 Å². The molecule has 0 atom stereocenters. The third kappa shape index (κ3) is 4.32. The predicted molar refractivity (Wildman–Crippen MR) is 85.0 cm³/mol. The Morgan fingerprint density at radius 1 is 1.43 bits per heavy atom. The second-order valence-corrected chi connectivity index (χ2v) is 5.88. The Morgan fingerprint density at radius 2 is 2.10 bits per heavy atom. The minimum absolute atomic E-state index is 0.0151. The summed E-state index contributed by atoms with van der Waals surface area (Å²) in [7, 11) is 1.44. The SMILES string of the molecule is CCCN(CC(C)(C)CN)c1cccc(OC)c1[N+](=O)[O-]. The van der Waals surface area contributed by atoms with E-state index in [1.165, 1.54) is 7.11 Å². The van der Waals surface area contributed by atoms with Crippen LogP contribution in [0, 0.1) is 15.5 Å². The summed E-state index contributed by atoms with van der Waals surface area (Å²) in [6.45, 7) is 8.07. The molecular formula is C15H25N3O3. The number of methoxy groups -OCH3 is 1. The number of nitrogens with zero attached hydrogens (tertiary/aromatic N) is 2. The Hall–Kier alpha value is -1.82. The van der Waals surface area contributed by atoms with E-state index in [0.29, 0.717) is 18.8 Å². The molecule has 118 valence electrons. The van der Waals surface area contributed by atoms with E-state index in [4.69, 9.17) is 10.5 Å². The van der Waals surface area contributed by atoms with Crippen LogP contribution in [0.2, 0.25) is 0 Å². The lowest BCUT2D eigenvalue weighted by atomic mass is 9.92. The lowest BCUT2D eigenvalue weighted by Gasteiger charge is -2.33. The van der Waals surface area contributed by atoms with Crippen molar-refractivity contribution < 1.29 is 9.66 Å². The van der Waals surface area contributed by atoms with E-state index >= 15 is 0 Å². The van der Waals surface area contributed by atoms with E-state index in [2.05, 4.69) is 20.8 Å². The van der Waals surface area contributed by atoms with Crippen LogP contribution in [0.15, 0.2) is 18.2 Å². The number of hydrogen-bond donors (Lipinski definition) is 1. The predicted octanol–water partition coefficient (Wildman–Crippen LogP) is 2.80. The molecule has 0 fully saturated rings. The van der Waals surface area contributed by atoms with Crippen molar-refractivity contribution >= 4 is 11.4 Å². The van der Waals surface area contributed by atoms with E-state index in [-0.39, 0.29) is 21.8 Å². The summed E-state index contributed by atoms with van der Waals surface area (Å²) < 4.78 is 5.14. The van der Waals surface area contributed by atoms with Crippen molar-refractivity contribution in [1.82, 2.24) is 0 Å². The van der Waals surface area contributed by atoms with Gasteiger partial charge in [0.2, 0.25) is 0 Å². The van der Waals surface area contributed by atoms with Crippen LogP contribution in [-0.4, -0.2) is 31.7 Å². The molecule has 0 aliphatic heterocycles. The molecule has 6 heteroatoms. The molecule has 0 saturated heterocycles. The highest BCUT2D eigenvalue weighted by Gasteiger charge is 2.27.